The number of benzene rings is 1. The van der Waals surface area contributed by atoms with E-state index in [1.165, 1.54) is 6.92 Å². The van der Waals surface area contributed by atoms with E-state index < -0.39 is 23.9 Å². The summed E-state index contributed by atoms with van der Waals surface area (Å²) in [6, 6.07) is 7.75. The normalized spacial score (nSPS) is 19.9. The van der Waals surface area contributed by atoms with Crippen molar-refractivity contribution in [2.75, 3.05) is 11.4 Å². The third-order valence-electron chi connectivity index (χ3n) is 4.52. The van der Waals surface area contributed by atoms with Crippen LogP contribution in [0.4, 0.5) is 5.69 Å². The van der Waals surface area contributed by atoms with Crippen molar-refractivity contribution in [2.45, 2.75) is 45.6 Å². The average Bonchev–Trinajstić information content (AvgIpc) is 2.95. The number of esters is 1. The molecule has 0 aliphatic carbocycles. The topological polar surface area (TPSA) is 89.7 Å². The molecule has 2 amide bonds. The molecule has 0 aromatic heterocycles. The van der Waals surface area contributed by atoms with Crippen molar-refractivity contribution < 1.29 is 19.1 Å². The van der Waals surface area contributed by atoms with E-state index in [9.17, 15) is 14.4 Å². The lowest BCUT2D eigenvalue weighted by atomic mass is 9.96. The maximum Gasteiger partial charge on any atom is 0.312 e. The molecule has 1 saturated heterocycles. The van der Waals surface area contributed by atoms with Crippen LogP contribution in [0.2, 0.25) is 0 Å². The molecule has 0 unspecified atom stereocenters. The fourth-order valence-corrected chi connectivity index (χ4v) is 2.80. The second-order valence-electron chi connectivity index (χ2n) is 6.25. The molecule has 0 bridgehead atoms. The smallest absolute Gasteiger partial charge is 0.312 e. The fourth-order valence-electron chi connectivity index (χ4n) is 2.80. The predicted octanol–water partition coefficient (Wildman–Crippen LogP) is 1.97. The van der Waals surface area contributed by atoms with Crippen LogP contribution in [0, 0.1) is 5.92 Å². The van der Waals surface area contributed by atoms with Crippen molar-refractivity contribution in [1.82, 2.24) is 0 Å². The van der Waals surface area contributed by atoms with Crippen molar-refractivity contribution in [3.63, 3.8) is 0 Å². The first-order valence-electron chi connectivity index (χ1n) is 8.24. The zero-order valence-electron chi connectivity index (χ0n) is 14.3. The summed E-state index contributed by atoms with van der Waals surface area (Å²) >= 11 is 0. The molecule has 1 aliphatic rings. The number of para-hydroxylation sites is 1. The quantitative estimate of drug-likeness (QED) is 0.807. The lowest BCUT2D eigenvalue weighted by molar-refractivity contribution is -0.157. The number of carbonyl (C=O) groups excluding carboxylic acids is 3. The Morgan fingerprint density at radius 3 is 2.62 bits per heavy atom. The summed E-state index contributed by atoms with van der Waals surface area (Å²) in [4.78, 5) is 37.2. The molecule has 0 saturated carbocycles. The Morgan fingerprint density at radius 1 is 1.33 bits per heavy atom. The number of carbonyl (C=O) groups is 3. The Kier molecular flexibility index (Phi) is 5.59. The number of nitrogens with two attached hydrogens (primary N) is 1. The van der Waals surface area contributed by atoms with E-state index in [0.29, 0.717) is 5.92 Å². The summed E-state index contributed by atoms with van der Waals surface area (Å²) in [5.74, 6) is -1.64. The van der Waals surface area contributed by atoms with Crippen molar-refractivity contribution in [2.24, 2.45) is 11.7 Å². The van der Waals surface area contributed by atoms with Gasteiger partial charge in [0.1, 0.15) is 0 Å². The molecular formula is C18H24N2O4. The van der Waals surface area contributed by atoms with Crippen LogP contribution in [0.1, 0.15) is 45.1 Å². The first-order valence-corrected chi connectivity index (χ1v) is 8.24. The second-order valence-corrected chi connectivity index (χ2v) is 6.25. The summed E-state index contributed by atoms with van der Waals surface area (Å²) in [6.07, 6.45) is 0.0498. The standard InChI is InChI=1S/C18H24N2O4/c1-4-11(2)14-7-5-6-8-15(14)20-10-13(9-16(20)21)18(23)24-12(3)17(19)22/h5-8,11-13H,4,9-10H2,1-3H3,(H2,19,22)/t11-,12+,13+/m1/s1. The minimum absolute atomic E-state index is 0.0825. The molecule has 1 aromatic carbocycles. The molecule has 0 spiro atoms. The van der Waals surface area contributed by atoms with Crippen molar-refractivity contribution in [1.29, 1.82) is 0 Å². The Bertz CT molecular complexity index is 644. The molecule has 1 aliphatic heterocycles. The molecule has 1 aromatic rings. The number of ether oxygens (including phenoxy) is 1. The van der Waals surface area contributed by atoms with E-state index in [0.717, 1.165) is 17.7 Å². The van der Waals surface area contributed by atoms with Crippen molar-refractivity contribution >= 4 is 23.5 Å². The summed E-state index contributed by atoms with van der Waals surface area (Å²) in [7, 11) is 0. The minimum Gasteiger partial charge on any atom is -0.452 e. The van der Waals surface area contributed by atoms with Gasteiger partial charge in [0.15, 0.2) is 6.10 Å². The summed E-state index contributed by atoms with van der Waals surface area (Å²) in [5.41, 5.74) is 7.04. The number of hydrogen-bond acceptors (Lipinski definition) is 4. The van der Waals surface area contributed by atoms with Crippen LogP contribution in [0.25, 0.3) is 0 Å². The van der Waals surface area contributed by atoms with Gasteiger partial charge in [0.2, 0.25) is 5.91 Å². The third kappa shape index (κ3) is 3.75. The molecule has 1 heterocycles. The molecule has 24 heavy (non-hydrogen) atoms. The van der Waals surface area contributed by atoms with Crippen molar-refractivity contribution in [3.8, 4) is 0 Å². The van der Waals surface area contributed by atoms with Gasteiger partial charge in [-0.2, -0.15) is 0 Å². The van der Waals surface area contributed by atoms with Crippen LogP contribution in [-0.4, -0.2) is 30.4 Å². The summed E-state index contributed by atoms with van der Waals surface area (Å²) in [5, 5.41) is 0. The Balaban J connectivity index is 2.16. The van der Waals surface area contributed by atoms with E-state index in [1.54, 1.807) is 4.90 Å². The van der Waals surface area contributed by atoms with Gasteiger partial charge in [-0.05, 0) is 30.9 Å². The third-order valence-corrected chi connectivity index (χ3v) is 4.52. The number of rotatable bonds is 6. The Morgan fingerprint density at radius 2 is 2.00 bits per heavy atom. The SMILES string of the molecule is CC[C@@H](C)c1ccccc1N1C[C@@H](C(=O)O[C@@H](C)C(N)=O)CC1=O. The zero-order chi connectivity index (χ0) is 17.9. The molecule has 2 N–H and O–H groups in total. The molecule has 0 radical (unpaired) electrons. The highest BCUT2D eigenvalue weighted by molar-refractivity contribution is 6.00. The van der Waals surface area contributed by atoms with Gasteiger partial charge in [-0.3, -0.25) is 14.4 Å². The zero-order valence-corrected chi connectivity index (χ0v) is 14.3. The van der Waals surface area contributed by atoms with Gasteiger partial charge in [0, 0.05) is 18.7 Å². The van der Waals surface area contributed by atoms with Crippen LogP contribution < -0.4 is 10.6 Å². The lowest BCUT2D eigenvalue weighted by Crippen LogP contribution is -2.33. The predicted molar refractivity (Wildman–Crippen MR) is 90.4 cm³/mol. The van der Waals surface area contributed by atoms with Crippen LogP contribution in [0.3, 0.4) is 0 Å². The molecule has 6 nitrogen and oxygen atoms in total. The van der Waals surface area contributed by atoms with Gasteiger partial charge in [0.25, 0.3) is 5.91 Å². The summed E-state index contributed by atoms with van der Waals surface area (Å²) in [6.45, 7) is 5.89. The molecule has 1 fully saturated rings. The van der Waals surface area contributed by atoms with E-state index in [2.05, 4.69) is 13.8 Å². The van der Waals surface area contributed by atoms with Crippen LogP contribution in [0.15, 0.2) is 24.3 Å². The van der Waals surface area contributed by atoms with Gasteiger partial charge in [0.05, 0.1) is 5.92 Å². The van der Waals surface area contributed by atoms with Gasteiger partial charge in [-0.1, -0.05) is 32.0 Å². The molecular weight excluding hydrogens is 308 g/mol. The Hall–Kier alpha value is -2.37. The van der Waals surface area contributed by atoms with E-state index in [-0.39, 0.29) is 18.9 Å². The molecule has 6 heteroatoms. The monoisotopic (exact) mass is 332 g/mol. The van der Waals surface area contributed by atoms with Crippen LogP contribution in [-0.2, 0) is 19.1 Å². The minimum atomic E-state index is -0.992. The average molecular weight is 332 g/mol. The number of nitrogens with zero attached hydrogens (tertiary/aromatic N) is 1. The number of primary amides is 1. The number of hydrogen-bond donors (Lipinski definition) is 1. The van der Waals surface area contributed by atoms with Crippen molar-refractivity contribution in [3.05, 3.63) is 29.8 Å². The number of amides is 2. The van der Waals surface area contributed by atoms with E-state index >= 15 is 0 Å². The largest absolute Gasteiger partial charge is 0.452 e. The van der Waals surface area contributed by atoms with Gasteiger partial charge in [-0.15, -0.1) is 0 Å². The first-order chi connectivity index (χ1) is 11.3. The summed E-state index contributed by atoms with van der Waals surface area (Å²) < 4.78 is 5.03. The van der Waals surface area contributed by atoms with Crippen LogP contribution in [0.5, 0.6) is 0 Å². The number of anilines is 1. The molecule has 2 rings (SSSR count). The first kappa shape index (κ1) is 18.0. The van der Waals surface area contributed by atoms with E-state index in [4.69, 9.17) is 10.5 Å². The Labute approximate surface area is 142 Å². The highest BCUT2D eigenvalue weighted by Crippen LogP contribution is 2.33. The van der Waals surface area contributed by atoms with Gasteiger partial charge >= 0.3 is 5.97 Å². The van der Waals surface area contributed by atoms with Gasteiger partial charge in [-0.25, -0.2) is 0 Å². The molecule has 130 valence electrons. The highest BCUT2D eigenvalue weighted by Gasteiger charge is 2.38. The fraction of sp³-hybridized carbons (Fsp3) is 0.500. The second kappa shape index (κ2) is 7.47. The maximum absolute atomic E-state index is 12.4. The molecule has 3 atom stereocenters. The van der Waals surface area contributed by atoms with Gasteiger partial charge < -0.3 is 15.4 Å². The highest BCUT2D eigenvalue weighted by atomic mass is 16.5. The lowest BCUT2D eigenvalue weighted by Gasteiger charge is -2.23. The van der Waals surface area contributed by atoms with E-state index in [1.807, 2.05) is 24.3 Å². The maximum atomic E-state index is 12.4. The van der Waals surface area contributed by atoms with Crippen LogP contribution >= 0.6 is 0 Å².